The number of nitrogens with zero attached hydrogens (tertiary/aromatic N) is 1. The fourth-order valence-electron chi connectivity index (χ4n) is 4.18. The molecule has 0 bridgehead atoms. The Morgan fingerprint density at radius 2 is 1.90 bits per heavy atom. The normalized spacial score (nSPS) is 17.6. The van der Waals surface area contributed by atoms with Gasteiger partial charge in [0, 0.05) is 31.6 Å². The van der Waals surface area contributed by atoms with E-state index in [1.807, 2.05) is 0 Å². The van der Waals surface area contributed by atoms with Crippen molar-refractivity contribution in [3.63, 3.8) is 0 Å². The number of piperidine rings is 1. The van der Waals surface area contributed by atoms with Crippen LogP contribution in [-0.2, 0) is 0 Å². The summed E-state index contributed by atoms with van der Waals surface area (Å²) in [5, 5.41) is 2.93. The van der Waals surface area contributed by atoms with Crippen molar-refractivity contribution in [2.75, 3.05) is 26.7 Å². The van der Waals surface area contributed by atoms with E-state index in [0.29, 0.717) is 55.1 Å². The molecule has 1 spiro atoms. The highest BCUT2D eigenvalue weighted by Gasteiger charge is 2.41. The van der Waals surface area contributed by atoms with Gasteiger partial charge in [-0.05, 0) is 43.7 Å². The number of aryl methyl sites for hydroxylation is 2. The van der Waals surface area contributed by atoms with Crippen LogP contribution in [0.25, 0.3) is 0 Å². The van der Waals surface area contributed by atoms with Crippen molar-refractivity contribution in [1.29, 1.82) is 0 Å². The maximum absolute atomic E-state index is 13.0. The van der Waals surface area contributed by atoms with Crippen molar-refractivity contribution in [3.8, 4) is 11.5 Å². The predicted molar refractivity (Wildman–Crippen MR) is 110 cm³/mol. The lowest BCUT2D eigenvalue weighted by Crippen LogP contribution is -2.54. The number of pyridine rings is 1. The summed E-state index contributed by atoms with van der Waals surface area (Å²) in [6.45, 7) is 4.80. The molecular formula is C22H25N3O5. The van der Waals surface area contributed by atoms with E-state index < -0.39 is 5.60 Å². The highest BCUT2D eigenvalue weighted by Crippen LogP contribution is 2.34. The minimum absolute atomic E-state index is 0.184. The second-order valence-electron chi connectivity index (χ2n) is 7.96. The third-order valence-electron chi connectivity index (χ3n) is 5.87. The number of aromatic amines is 1. The van der Waals surface area contributed by atoms with Crippen molar-refractivity contribution in [2.45, 2.75) is 32.3 Å². The molecule has 0 radical (unpaired) electrons. The average molecular weight is 411 g/mol. The summed E-state index contributed by atoms with van der Waals surface area (Å²) < 4.78 is 11.5. The molecule has 30 heavy (non-hydrogen) atoms. The number of carbonyl (C=O) groups is 2. The first-order valence-corrected chi connectivity index (χ1v) is 9.97. The van der Waals surface area contributed by atoms with Crippen molar-refractivity contribution < 1.29 is 19.1 Å². The third kappa shape index (κ3) is 3.53. The Kier molecular flexibility index (Phi) is 5.01. The molecule has 0 saturated carbocycles. The number of H-pyrrole nitrogens is 1. The summed E-state index contributed by atoms with van der Waals surface area (Å²) in [7, 11) is 1.55. The molecule has 8 nitrogen and oxygen atoms in total. The number of fused-ring (bicyclic) bond motifs is 1. The Balaban J connectivity index is 1.53. The monoisotopic (exact) mass is 411 g/mol. The number of nitrogens with one attached hydrogen (secondary N) is 2. The smallest absolute Gasteiger partial charge is 0.261 e. The quantitative estimate of drug-likeness (QED) is 0.785. The lowest BCUT2D eigenvalue weighted by molar-refractivity contribution is 0.00761. The van der Waals surface area contributed by atoms with Crippen LogP contribution in [0.5, 0.6) is 11.5 Å². The van der Waals surface area contributed by atoms with Gasteiger partial charge in [-0.2, -0.15) is 0 Å². The van der Waals surface area contributed by atoms with Crippen LogP contribution < -0.4 is 20.3 Å². The van der Waals surface area contributed by atoms with E-state index in [-0.39, 0.29) is 22.9 Å². The van der Waals surface area contributed by atoms with Crippen LogP contribution in [0, 0.1) is 13.8 Å². The molecular weight excluding hydrogens is 386 g/mol. The van der Waals surface area contributed by atoms with Gasteiger partial charge in [0.2, 0.25) is 0 Å². The molecule has 2 N–H and O–H groups in total. The fourth-order valence-corrected chi connectivity index (χ4v) is 4.18. The summed E-state index contributed by atoms with van der Waals surface area (Å²) in [6, 6.07) is 6.97. The van der Waals surface area contributed by atoms with Crippen LogP contribution in [0.3, 0.4) is 0 Å². The molecule has 2 aliphatic rings. The molecule has 1 fully saturated rings. The molecule has 0 atom stereocenters. The molecule has 0 aliphatic carbocycles. The summed E-state index contributed by atoms with van der Waals surface area (Å²) in [4.78, 5) is 42.2. The van der Waals surface area contributed by atoms with Crippen LogP contribution in [0.4, 0.5) is 0 Å². The number of amides is 2. The Morgan fingerprint density at radius 3 is 2.57 bits per heavy atom. The maximum atomic E-state index is 13.0. The number of methoxy groups -OCH3 is 1. The number of likely N-dealkylation sites (tertiary alicyclic amines) is 1. The van der Waals surface area contributed by atoms with Crippen molar-refractivity contribution in [3.05, 3.63) is 57.0 Å². The van der Waals surface area contributed by atoms with Crippen molar-refractivity contribution in [2.24, 2.45) is 0 Å². The number of ether oxygens (including phenoxy) is 2. The summed E-state index contributed by atoms with van der Waals surface area (Å²) in [5.41, 5.74) is 1.06. The third-order valence-corrected chi connectivity index (χ3v) is 5.87. The Hall–Kier alpha value is -3.29. The van der Waals surface area contributed by atoms with Gasteiger partial charge in [-0.15, -0.1) is 0 Å². The molecule has 3 heterocycles. The zero-order valence-electron chi connectivity index (χ0n) is 17.3. The zero-order chi connectivity index (χ0) is 21.5. The first-order chi connectivity index (χ1) is 14.3. The van der Waals surface area contributed by atoms with Crippen LogP contribution in [-0.4, -0.2) is 54.0 Å². The van der Waals surface area contributed by atoms with Gasteiger partial charge in [-0.25, -0.2) is 0 Å². The van der Waals surface area contributed by atoms with Crippen LogP contribution in [0.2, 0.25) is 0 Å². The molecule has 158 valence electrons. The highest BCUT2D eigenvalue weighted by atomic mass is 16.5. The van der Waals surface area contributed by atoms with E-state index in [9.17, 15) is 14.4 Å². The number of rotatable bonds is 2. The van der Waals surface area contributed by atoms with E-state index in [4.69, 9.17) is 9.47 Å². The first kappa shape index (κ1) is 20.0. The average Bonchev–Trinajstić information content (AvgIpc) is 2.84. The number of benzene rings is 1. The minimum atomic E-state index is -0.596. The van der Waals surface area contributed by atoms with Crippen LogP contribution in [0.1, 0.15) is 44.8 Å². The largest absolute Gasteiger partial charge is 0.497 e. The predicted octanol–water partition coefficient (Wildman–Crippen LogP) is 1.80. The Morgan fingerprint density at radius 1 is 1.17 bits per heavy atom. The number of hydrogen-bond donors (Lipinski definition) is 2. The van der Waals surface area contributed by atoms with Crippen molar-refractivity contribution in [1.82, 2.24) is 15.2 Å². The molecule has 1 aromatic carbocycles. The fraction of sp³-hybridized carbons (Fsp3) is 0.409. The first-order valence-electron chi connectivity index (χ1n) is 9.97. The van der Waals surface area contributed by atoms with Gasteiger partial charge in [-0.1, -0.05) is 0 Å². The van der Waals surface area contributed by atoms with Gasteiger partial charge in [0.1, 0.15) is 22.7 Å². The van der Waals surface area contributed by atoms with Gasteiger partial charge in [0.05, 0.1) is 19.2 Å². The molecule has 1 aromatic heterocycles. The lowest BCUT2D eigenvalue weighted by Gasteiger charge is -2.41. The molecule has 2 amide bonds. The number of aromatic nitrogens is 1. The molecule has 0 unspecified atom stereocenters. The second-order valence-corrected chi connectivity index (χ2v) is 7.96. The summed E-state index contributed by atoms with van der Waals surface area (Å²) in [5.74, 6) is 0.617. The molecule has 2 aliphatic heterocycles. The van der Waals surface area contributed by atoms with Gasteiger partial charge < -0.3 is 24.7 Å². The summed E-state index contributed by atoms with van der Waals surface area (Å²) >= 11 is 0. The minimum Gasteiger partial charge on any atom is -0.497 e. The number of hydrogen-bond acceptors (Lipinski definition) is 5. The van der Waals surface area contributed by atoms with E-state index in [0.717, 1.165) is 5.69 Å². The molecule has 1 saturated heterocycles. The van der Waals surface area contributed by atoms with Gasteiger partial charge in [-0.3, -0.25) is 14.4 Å². The second kappa shape index (κ2) is 7.51. The maximum Gasteiger partial charge on any atom is 0.261 e. The van der Waals surface area contributed by atoms with E-state index in [2.05, 4.69) is 10.3 Å². The SMILES string of the molecule is COc1ccc2c(c1)C(=O)NCC1(CCN(C(=O)c3c(C)cc(C)[nH]c3=O)CC1)O2. The van der Waals surface area contributed by atoms with E-state index in [1.54, 1.807) is 50.1 Å². The molecule has 4 rings (SSSR count). The molecule has 2 aromatic rings. The Labute approximate surface area is 174 Å². The summed E-state index contributed by atoms with van der Waals surface area (Å²) in [6.07, 6.45) is 1.10. The van der Waals surface area contributed by atoms with Crippen LogP contribution in [0.15, 0.2) is 29.1 Å². The standard InChI is InChI=1S/C22H25N3O5/c1-13-10-14(2)24-20(27)18(13)21(28)25-8-6-22(7-9-25)12-23-19(26)16-11-15(29-3)4-5-17(16)30-22/h4-5,10-11H,6-9,12H2,1-3H3,(H,23,26)(H,24,27). The van der Waals surface area contributed by atoms with Gasteiger partial charge in [0.15, 0.2) is 0 Å². The van der Waals surface area contributed by atoms with Crippen LogP contribution >= 0.6 is 0 Å². The van der Waals surface area contributed by atoms with Gasteiger partial charge in [0.25, 0.3) is 17.4 Å². The van der Waals surface area contributed by atoms with Crippen molar-refractivity contribution >= 4 is 11.8 Å². The topological polar surface area (TPSA) is 101 Å². The zero-order valence-corrected chi connectivity index (χ0v) is 17.3. The molecule has 8 heteroatoms. The lowest BCUT2D eigenvalue weighted by atomic mass is 9.90. The number of carbonyl (C=O) groups excluding carboxylic acids is 2. The van der Waals surface area contributed by atoms with E-state index in [1.165, 1.54) is 0 Å². The Bertz CT molecular complexity index is 1070. The van der Waals surface area contributed by atoms with E-state index >= 15 is 0 Å². The highest BCUT2D eigenvalue weighted by molar-refractivity contribution is 5.98. The van der Waals surface area contributed by atoms with Gasteiger partial charge >= 0.3 is 0 Å².